The summed E-state index contributed by atoms with van der Waals surface area (Å²) in [7, 11) is 0. The van der Waals surface area contributed by atoms with Crippen LogP contribution in [-0.4, -0.2) is 52.8 Å². The van der Waals surface area contributed by atoms with Gasteiger partial charge in [0.2, 0.25) is 5.88 Å². The van der Waals surface area contributed by atoms with Gasteiger partial charge in [0, 0.05) is 0 Å². The van der Waals surface area contributed by atoms with E-state index in [9.17, 15) is 14.7 Å². The first-order valence-corrected chi connectivity index (χ1v) is 7.70. The van der Waals surface area contributed by atoms with Gasteiger partial charge in [-0.15, -0.1) is 15.3 Å². The zero-order chi connectivity index (χ0) is 17.1. The molecule has 0 aliphatic rings. The molecule has 0 aromatic carbocycles. The molecule has 0 saturated carbocycles. The molecule has 122 valence electrons. The summed E-state index contributed by atoms with van der Waals surface area (Å²) in [5.41, 5.74) is -0.313. The Bertz CT molecular complexity index is 922. The number of carbonyl (C=O) groups excluding carboxylic acids is 1. The second-order valence-electron chi connectivity index (χ2n) is 4.39. The molecule has 1 amide bonds. The van der Waals surface area contributed by atoms with Crippen LogP contribution in [0.25, 0.3) is 11.4 Å². The highest BCUT2D eigenvalue weighted by Gasteiger charge is 2.19. The smallest absolute Gasteiger partial charge is 0.268 e. The van der Waals surface area contributed by atoms with Crippen LogP contribution in [0, 0.1) is 0 Å². The summed E-state index contributed by atoms with van der Waals surface area (Å²) in [5, 5.41) is 29.9. The van der Waals surface area contributed by atoms with E-state index < -0.39 is 22.9 Å². The number of H-pyrrole nitrogens is 2. The molecule has 12 heteroatoms. The predicted molar refractivity (Wildman–Crippen MR) is 83.7 cm³/mol. The summed E-state index contributed by atoms with van der Waals surface area (Å²) in [6.45, 7) is 0. The average molecular weight is 346 g/mol. The van der Waals surface area contributed by atoms with Crippen molar-refractivity contribution >= 4 is 23.5 Å². The minimum Gasteiger partial charge on any atom is -0.493 e. The Balaban J connectivity index is 1.81. The lowest BCUT2D eigenvalue weighted by molar-refractivity contribution is 0.102. The van der Waals surface area contributed by atoms with Crippen LogP contribution in [0.15, 0.2) is 28.3 Å². The maximum Gasteiger partial charge on any atom is 0.268 e. The highest BCUT2D eigenvalue weighted by Crippen LogP contribution is 2.16. The van der Waals surface area contributed by atoms with Gasteiger partial charge in [0.05, 0.1) is 6.20 Å². The third-order valence-corrected chi connectivity index (χ3v) is 3.46. The van der Waals surface area contributed by atoms with Crippen LogP contribution in [0.5, 0.6) is 5.88 Å². The molecule has 11 nitrogen and oxygen atoms in total. The zero-order valence-corrected chi connectivity index (χ0v) is 13.0. The van der Waals surface area contributed by atoms with E-state index >= 15 is 0 Å². The fraction of sp³-hybridized carbons (Fsp3) is 0.0833. The first-order chi connectivity index (χ1) is 11.6. The minimum absolute atomic E-state index is 0.0972. The van der Waals surface area contributed by atoms with Crippen LogP contribution in [0.3, 0.4) is 0 Å². The molecule has 0 saturated heterocycles. The quantitative estimate of drug-likeness (QED) is 0.377. The molecule has 4 N–H and O–H groups in total. The first kappa shape index (κ1) is 15.6. The van der Waals surface area contributed by atoms with E-state index in [0.29, 0.717) is 11.4 Å². The van der Waals surface area contributed by atoms with Gasteiger partial charge in [-0.05, 0) is 18.4 Å². The third kappa shape index (κ3) is 3.08. The lowest BCUT2D eigenvalue weighted by Crippen LogP contribution is -2.25. The van der Waals surface area contributed by atoms with Gasteiger partial charge in [-0.3, -0.25) is 14.7 Å². The molecule has 0 bridgehead atoms. The predicted octanol–water partition coefficient (Wildman–Crippen LogP) is 0.0248. The van der Waals surface area contributed by atoms with Crippen LogP contribution < -0.4 is 10.9 Å². The van der Waals surface area contributed by atoms with Crippen molar-refractivity contribution in [3.63, 3.8) is 0 Å². The Morgan fingerprint density at radius 2 is 2.08 bits per heavy atom. The molecule has 0 spiro atoms. The number of aromatic amines is 2. The summed E-state index contributed by atoms with van der Waals surface area (Å²) in [6.07, 6.45) is 3.21. The van der Waals surface area contributed by atoms with Crippen LogP contribution >= 0.6 is 11.8 Å². The number of nitrogens with one attached hydrogen (secondary N) is 3. The van der Waals surface area contributed by atoms with E-state index in [1.54, 1.807) is 18.5 Å². The molecular formula is C12H10N8O3S. The van der Waals surface area contributed by atoms with E-state index in [2.05, 4.69) is 40.9 Å². The maximum absolute atomic E-state index is 12.1. The molecular weight excluding hydrogens is 336 g/mol. The molecule has 3 heterocycles. The first-order valence-electron chi connectivity index (χ1n) is 6.47. The van der Waals surface area contributed by atoms with Gasteiger partial charge < -0.3 is 15.4 Å². The Morgan fingerprint density at radius 3 is 2.67 bits per heavy atom. The molecule has 0 unspecified atom stereocenters. The van der Waals surface area contributed by atoms with Gasteiger partial charge in [0.25, 0.3) is 11.5 Å². The summed E-state index contributed by atoms with van der Waals surface area (Å²) in [5.74, 6) is -1.41. The molecule has 0 atom stereocenters. The van der Waals surface area contributed by atoms with Crippen LogP contribution in [-0.2, 0) is 0 Å². The standard InChI is InChI=1S/C12H10N8O3S/c1-24-12-15-10(22)8(11(23)16-12)9(21)14-7-3-2-5(17-19-7)6-4-13-20-18-6/h2-4H,1H3,(H,13,18,20)(H,14,19,21)(H2,15,16,22,23). The average Bonchev–Trinajstić information content (AvgIpc) is 3.09. The summed E-state index contributed by atoms with van der Waals surface area (Å²) >= 11 is 1.13. The number of rotatable bonds is 4. The van der Waals surface area contributed by atoms with Gasteiger partial charge in [-0.2, -0.15) is 4.98 Å². The molecule has 0 radical (unpaired) electrons. The monoisotopic (exact) mass is 346 g/mol. The lowest BCUT2D eigenvalue weighted by atomic mass is 10.3. The van der Waals surface area contributed by atoms with Crippen molar-refractivity contribution in [2.75, 3.05) is 11.6 Å². The van der Waals surface area contributed by atoms with Gasteiger partial charge in [-0.25, -0.2) is 0 Å². The SMILES string of the molecule is CSc1nc(O)c(C(=O)Nc2ccc(-c3c[nH]nn3)nn2)c(=O)[nH]1. The number of anilines is 1. The van der Waals surface area contributed by atoms with Crippen molar-refractivity contribution in [3.05, 3.63) is 34.2 Å². The zero-order valence-electron chi connectivity index (χ0n) is 12.1. The Labute approximate surface area is 137 Å². The molecule has 3 rings (SSSR count). The second-order valence-corrected chi connectivity index (χ2v) is 5.19. The van der Waals surface area contributed by atoms with Gasteiger partial charge in [0.1, 0.15) is 11.4 Å². The largest absolute Gasteiger partial charge is 0.493 e. The van der Waals surface area contributed by atoms with E-state index in [-0.39, 0.29) is 11.0 Å². The van der Waals surface area contributed by atoms with Crippen molar-refractivity contribution < 1.29 is 9.90 Å². The number of nitrogens with zero attached hydrogens (tertiary/aromatic N) is 5. The summed E-state index contributed by atoms with van der Waals surface area (Å²) in [6, 6.07) is 3.05. The van der Waals surface area contributed by atoms with E-state index in [0.717, 1.165) is 11.8 Å². The summed E-state index contributed by atoms with van der Waals surface area (Å²) < 4.78 is 0. The molecule has 24 heavy (non-hydrogen) atoms. The Kier molecular flexibility index (Phi) is 4.20. The highest BCUT2D eigenvalue weighted by molar-refractivity contribution is 7.98. The van der Waals surface area contributed by atoms with E-state index in [4.69, 9.17) is 0 Å². The van der Waals surface area contributed by atoms with E-state index in [1.165, 1.54) is 6.07 Å². The lowest BCUT2D eigenvalue weighted by Gasteiger charge is -2.05. The highest BCUT2D eigenvalue weighted by atomic mass is 32.2. The number of amides is 1. The molecule has 3 aromatic rings. The normalized spacial score (nSPS) is 10.5. The molecule has 0 aliphatic heterocycles. The van der Waals surface area contributed by atoms with Crippen LogP contribution in [0.1, 0.15) is 10.4 Å². The third-order valence-electron chi connectivity index (χ3n) is 2.88. The van der Waals surface area contributed by atoms with E-state index in [1.807, 2.05) is 0 Å². The van der Waals surface area contributed by atoms with Crippen molar-refractivity contribution in [1.82, 2.24) is 35.6 Å². The van der Waals surface area contributed by atoms with Gasteiger partial charge >= 0.3 is 0 Å². The Morgan fingerprint density at radius 1 is 1.25 bits per heavy atom. The number of hydrogen-bond acceptors (Lipinski definition) is 9. The Hall–Kier alpha value is -3.28. The fourth-order valence-electron chi connectivity index (χ4n) is 1.78. The van der Waals surface area contributed by atoms with Crippen LogP contribution in [0.4, 0.5) is 5.82 Å². The van der Waals surface area contributed by atoms with Gasteiger partial charge in [-0.1, -0.05) is 17.0 Å². The molecule has 3 aromatic heterocycles. The number of aromatic hydroxyl groups is 1. The van der Waals surface area contributed by atoms with Gasteiger partial charge in [0.15, 0.2) is 16.5 Å². The number of carbonyl (C=O) groups is 1. The van der Waals surface area contributed by atoms with Crippen LogP contribution in [0.2, 0.25) is 0 Å². The number of hydrogen-bond donors (Lipinski definition) is 4. The van der Waals surface area contributed by atoms with Crippen molar-refractivity contribution in [2.45, 2.75) is 5.16 Å². The van der Waals surface area contributed by atoms with Crippen molar-refractivity contribution in [3.8, 4) is 17.3 Å². The number of aromatic nitrogens is 7. The number of thioether (sulfide) groups is 1. The maximum atomic E-state index is 12.1. The molecule has 0 aliphatic carbocycles. The minimum atomic E-state index is -0.850. The fourth-order valence-corrected chi connectivity index (χ4v) is 2.16. The van der Waals surface area contributed by atoms with Crippen molar-refractivity contribution in [1.29, 1.82) is 0 Å². The molecule has 0 fully saturated rings. The topological polar surface area (TPSA) is 162 Å². The second kappa shape index (κ2) is 6.45. The van der Waals surface area contributed by atoms with Crippen molar-refractivity contribution in [2.24, 2.45) is 0 Å². The summed E-state index contributed by atoms with van der Waals surface area (Å²) in [4.78, 5) is 30.1.